The van der Waals surface area contributed by atoms with Crippen LogP contribution in [-0.2, 0) is 25.0 Å². The van der Waals surface area contributed by atoms with Crippen molar-refractivity contribution in [3.05, 3.63) is 47.0 Å². The minimum Gasteiger partial charge on any atom is -0.314 e. The lowest BCUT2D eigenvalue weighted by Gasteiger charge is -2.09. The van der Waals surface area contributed by atoms with Crippen molar-refractivity contribution in [2.45, 2.75) is 38.4 Å². The van der Waals surface area contributed by atoms with Crippen LogP contribution in [0.5, 0.6) is 0 Å². The fourth-order valence-electron chi connectivity index (χ4n) is 2.08. The van der Waals surface area contributed by atoms with E-state index < -0.39 is 11.7 Å². The summed E-state index contributed by atoms with van der Waals surface area (Å²) >= 11 is 5.81. The molecule has 0 saturated heterocycles. The van der Waals surface area contributed by atoms with E-state index >= 15 is 0 Å². The van der Waals surface area contributed by atoms with Crippen LogP contribution in [0.15, 0.2) is 24.3 Å². The molecule has 3 nitrogen and oxygen atoms in total. The highest BCUT2D eigenvalue weighted by Crippen LogP contribution is 2.29. The molecular formula is C14H15ClF3N3. The normalized spacial score (nSPS) is 11.9. The molecular weight excluding hydrogens is 303 g/mol. The summed E-state index contributed by atoms with van der Waals surface area (Å²) in [6.45, 7) is 2.77. The van der Waals surface area contributed by atoms with Crippen molar-refractivity contribution in [1.82, 2.24) is 14.8 Å². The van der Waals surface area contributed by atoms with E-state index in [0.29, 0.717) is 18.1 Å². The van der Waals surface area contributed by atoms with Crippen molar-refractivity contribution in [1.29, 1.82) is 0 Å². The van der Waals surface area contributed by atoms with Crippen LogP contribution >= 0.6 is 11.6 Å². The first-order chi connectivity index (χ1) is 9.95. The van der Waals surface area contributed by atoms with Crippen molar-refractivity contribution in [2.75, 3.05) is 0 Å². The molecule has 0 spiro atoms. The fourth-order valence-corrected chi connectivity index (χ4v) is 2.28. The van der Waals surface area contributed by atoms with Gasteiger partial charge < -0.3 is 4.57 Å². The van der Waals surface area contributed by atoms with Crippen LogP contribution in [0, 0.1) is 0 Å². The molecule has 0 N–H and O–H groups in total. The lowest BCUT2D eigenvalue weighted by atomic mass is 10.1. The van der Waals surface area contributed by atoms with E-state index in [1.807, 2.05) is 11.5 Å². The van der Waals surface area contributed by atoms with Gasteiger partial charge in [0.2, 0.25) is 0 Å². The van der Waals surface area contributed by atoms with Gasteiger partial charge in [-0.05, 0) is 24.1 Å². The average Bonchev–Trinajstić information content (AvgIpc) is 2.81. The number of aromatic nitrogens is 3. The van der Waals surface area contributed by atoms with Gasteiger partial charge in [0.25, 0.3) is 0 Å². The minimum atomic E-state index is -4.31. The maximum atomic E-state index is 12.5. The molecule has 0 atom stereocenters. The standard InChI is InChI=1S/C14H15ClF3N3/c1-2-7-21-12(19-20-13(21)9-15)8-10-3-5-11(6-4-10)14(16,17)18/h3-6H,2,7-9H2,1H3. The van der Waals surface area contributed by atoms with Crippen molar-refractivity contribution in [3.63, 3.8) is 0 Å². The predicted molar refractivity (Wildman–Crippen MR) is 74.1 cm³/mol. The van der Waals surface area contributed by atoms with E-state index in [1.54, 1.807) is 0 Å². The van der Waals surface area contributed by atoms with Crippen molar-refractivity contribution >= 4 is 11.6 Å². The molecule has 1 aromatic carbocycles. The number of hydrogen-bond donors (Lipinski definition) is 0. The highest BCUT2D eigenvalue weighted by Gasteiger charge is 2.29. The van der Waals surface area contributed by atoms with Gasteiger partial charge in [-0.15, -0.1) is 21.8 Å². The first kappa shape index (κ1) is 15.8. The van der Waals surface area contributed by atoms with Gasteiger partial charge in [0.1, 0.15) is 11.6 Å². The number of hydrogen-bond acceptors (Lipinski definition) is 2. The molecule has 0 bridgehead atoms. The Bertz CT molecular complexity index is 591. The summed E-state index contributed by atoms with van der Waals surface area (Å²) in [5.41, 5.74) is 0.108. The van der Waals surface area contributed by atoms with Gasteiger partial charge in [-0.25, -0.2) is 0 Å². The lowest BCUT2D eigenvalue weighted by molar-refractivity contribution is -0.137. The summed E-state index contributed by atoms with van der Waals surface area (Å²) < 4.78 is 39.5. The summed E-state index contributed by atoms with van der Waals surface area (Å²) in [6.07, 6.45) is -2.98. The fraction of sp³-hybridized carbons (Fsp3) is 0.429. The van der Waals surface area contributed by atoms with E-state index in [1.165, 1.54) is 12.1 Å². The second kappa shape index (κ2) is 6.47. The number of alkyl halides is 4. The predicted octanol–water partition coefficient (Wildman–Crippen LogP) is 4.04. The molecule has 0 amide bonds. The molecule has 0 aliphatic heterocycles. The van der Waals surface area contributed by atoms with Crippen LogP contribution in [0.25, 0.3) is 0 Å². The Morgan fingerprint density at radius 2 is 1.71 bits per heavy atom. The van der Waals surface area contributed by atoms with Gasteiger partial charge in [-0.2, -0.15) is 13.2 Å². The Kier molecular flexibility index (Phi) is 4.88. The van der Waals surface area contributed by atoms with Gasteiger partial charge >= 0.3 is 6.18 Å². The van der Waals surface area contributed by atoms with Gasteiger partial charge in [-0.1, -0.05) is 19.1 Å². The molecule has 0 saturated carbocycles. The maximum absolute atomic E-state index is 12.5. The molecule has 0 fully saturated rings. The van der Waals surface area contributed by atoms with Crippen LogP contribution in [0.2, 0.25) is 0 Å². The third-order valence-corrected chi connectivity index (χ3v) is 3.35. The number of nitrogens with zero attached hydrogens (tertiary/aromatic N) is 3. The van der Waals surface area contributed by atoms with E-state index in [2.05, 4.69) is 10.2 Å². The van der Waals surface area contributed by atoms with Crippen LogP contribution in [-0.4, -0.2) is 14.8 Å². The SMILES string of the molecule is CCCn1c(CCl)nnc1Cc1ccc(C(F)(F)F)cc1. The zero-order valence-corrected chi connectivity index (χ0v) is 12.2. The molecule has 2 rings (SSSR count). The summed E-state index contributed by atoms with van der Waals surface area (Å²) in [6, 6.07) is 5.10. The molecule has 2 aromatic rings. The van der Waals surface area contributed by atoms with Crippen molar-refractivity contribution < 1.29 is 13.2 Å². The molecule has 7 heteroatoms. The Morgan fingerprint density at radius 1 is 1.10 bits per heavy atom. The number of benzene rings is 1. The van der Waals surface area contributed by atoms with Gasteiger partial charge in [0, 0.05) is 13.0 Å². The van der Waals surface area contributed by atoms with E-state index in [4.69, 9.17) is 11.6 Å². The minimum absolute atomic E-state index is 0.264. The van der Waals surface area contributed by atoms with Gasteiger partial charge in [0.15, 0.2) is 0 Å². The molecule has 0 aliphatic rings. The zero-order valence-electron chi connectivity index (χ0n) is 11.5. The zero-order chi connectivity index (χ0) is 15.5. The smallest absolute Gasteiger partial charge is 0.314 e. The molecule has 0 aliphatic carbocycles. The topological polar surface area (TPSA) is 30.7 Å². The van der Waals surface area contributed by atoms with Crippen molar-refractivity contribution in [3.8, 4) is 0 Å². The third kappa shape index (κ3) is 3.75. The lowest BCUT2D eigenvalue weighted by Crippen LogP contribution is -2.08. The van der Waals surface area contributed by atoms with Gasteiger partial charge in [-0.3, -0.25) is 0 Å². The summed E-state index contributed by atoms with van der Waals surface area (Å²) in [5.74, 6) is 1.66. The molecule has 114 valence electrons. The molecule has 0 radical (unpaired) electrons. The summed E-state index contributed by atoms with van der Waals surface area (Å²) in [4.78, 5) is 0. The first-order valence-corrected chi connectivity index (χ1v) is 7.12. The highest BCUT2D eigenvalue weighted by atomic mass is 35.5. The van der Waals surface area contributed by atoms with Crippen LogP contribution < -0.4 is 0 Å². The molecule has 1 aromatic heterocycles. The number of halogens is 4. The Balaban J connectivity index is 2.20. The van der Waals surface area contributed by atoms with Crippen LogP contribution in [0.3, 0.4) is 0 Å². The van der Waals surface area contributed by atoms with Crippen LogP contribution in [0.4, 0.5) is 13.2 Å². The Hall–Kier alpha value is -1.56. The third-order valence-electron chi connectivity index (χ3n) is 3.11. The maximum Gasteiger partial charge on any atom is 0.416 e. The summed E-state index contributed by atoms with van der Waals surface area (Å²) in [7, 11) is 0. The Labute approximate surface area is 125 Å². The molecule has 0 unspecified atom stereocenters. The van der Waals surface area contributed by atoms with E-state index in [0.717, 1.165) is 30.7 Å². The Morgan fingerprint density at radius 3 is 2.24 bits per heavy atom. The molecule has 21 heavy (non-hydrogen) atoms. The van der Waals surface area contributed by atoms with Crippen molar-refractivity contribution in [2.24, 2.45) is 0 Å². The second-order valence-corrected chi connectivity index (χ2v) is 4.96. The van der Waals surface area contributed by atoms with E-state index in [-0.39, 0.29) is 5.88 Å². The molecule has 1 heterocycles. The quantitative estimate of drug-likeness (QED) is 0.779. The highest BCUT2D eigenvalue weighted by molar-refractivity contribution is 6.16. The monoisotopic (exact) mass is 317 g/mol. The summed E-state index contributed by atoms with van der Waals surface area (Å²) in [5, 5.41) is 8.09. The van der Waals surface area contributed by atoms with Crippen LogP contribution in [0.1, 0.15) is 36.1 Å². The average molecular weight is 318 g/mol. The largest absolute Gasteiger partial charge is 0.416 e. The number of rotatable bonds is 5. The van der Waals surface area contributed by atoms with E-state index in [9.17, 15) is 13.2 Å². The van der Waals surface area contributed by atoms with Gasteiger partial charge in [0.05, 0.1) is 11.4 Å². The second-order valence-electron chi connectivity index (χ2n) is 4.69. The first-order valence-electron chi connectivity index (χ1n) is 6.58.